The highest BCUT2D eigenvalue weighted by Gasteiger charge is 2.21. The molecule has 0 aliphatic heterocycles. The molecule has 0 fully saturated rings. The van der Waals surface area contributed by atoms with Gasteiger partial charge in [-0.2, -0.15) is 5.10 Å². The van der Waals surface area contributed by atoms with Crippen LogP contribution in [0.25, 0.3) is 27.8 Å². The molecule has 0 spiro atoms. The lowest BCUT2D eigenvalue weighted by Crippen LogP contribution is -2.34. The number of pyridine rings is 1. The lowest BCUT2D eigenvalue weighted by atomic mass is 10.0. The van der Waals surface area contributed by atoms with Crippen LogP contribution in [-0.4, -0.2) is 20.3 Å². The zero-order valence-corrected chi connectivity index (χ0v) is 19.7. The summed E-state index contributed by atoms with van der Waals surface area (Å²) in [5.74, 6) is -0.240. The van der Waals surface area contributed by atoms with Crippen molar-refractivity contribution in [3.05, 3.63) is 119 Å². The van der Waals surface area contributed by atoms with E-state index in [0.717, 1.165) is 33.5 Å². The minimum Gasteiger partial charge on any atom is -0.348 e. The van der Waals surface area contributed by atoms with Crippen LogP contribution in [0.1, 0.15) is 24.2 Å². The van der Waals surface area contributed by atoms with Crippen LogP contribution in [-0.2, 0) is 11.3 Å². The molecule has 6 heteroatoms. The number of aromatic nitrogens is 3. The van der Waals surface area contributed by atoms with Crippen LogP contribution in [0.3, 0.4) is 0 Å². The monoisotopic (exact) mass is 462 g/mol. The zero-order chi connectivity index (χ0) is 24.4. The van der Waals surface area contributed by atoms with E-state index in [0.29, 0.717) is 5.65 Å². The van der Waals surface area contributed by atoms with Crippen LogP contribution in [0.4, 0.5) is 0 Å². The van der Waals surface area contributed by atoms with Crippen molar-refractivity contribution in [1.82, 2.24) is 19.7 Å². The van der Waals surface area contributed by atoms with E-state index in [2.05, 4.69) is 5.32 Å². The van der Waals surface area contributed by atoms with Crippen molar-refractivity contribution in [1.29, 1.82) is 0 Å². The molecule has 1 unspecified atom stereocenters. The van der Waals surface area contributed by atoms with E-state index in [9.17, 15) is 9.59 Å². The summed E-state index contributed by atoms with van der Waals surface area (Å²) in [4.78, 5) is 26.6. The van der Waals surface area contributed by atoms with Crippen LogP contribution < -0.4 is 10.9 Å². The second kappa shape index (κ2) is 9.43. The second-order valence-electron chi connectivity index (χ2n) is 8.58. The first-order valence-corrected chi connectivity index (χ1v) is 11.6. The van der Waals surface area contributed by atoms with Gasteiger partial charge in [-0.05, 0) is 42.7 Å². The Kier molecular flexibility index (Phi) is 6.02. The first-order valence-electron chi connectivity index (χ1n) is 11.6. The van der Waals surface area contributed by atoms with E-state index >= 15 is 0 Å². The van der Waals surface area contributed by atoms with E-state index in [1.54, 1.807) is 10.7 Å². The molecule has 2 heterocycles. The molecule has 0 saturated carbocycles. The Morgan fingerprint density at radius 2 is 1.51 bits per heavy atom. The third-order valence-electron chi connectivity index (χ3n) is 6.16. The lowest BCUT2D eigenvalue weighted by molar-refractivity contribution is -0.122. The van der Waals surface area contributed by atoms with Gasteiger partial charge in [-0.25, -0.2) is 4.68 Å². The number of rotatable bonds is 6. The number of para-hydroxylation sites is 1. The van der Waals surface area contributed by atoms with Gasteiger partial charge in [0.25, 0.3) is 5.56 Å². The van der Waals surface area contributed by atoms with E-state index in [-0.39, 0.29) is 24.1 Å². The number of nitrogens with zero attached hydrogens (tertiary/aromatic N) is 3. The van der Waals surface area contributed by atoms with E-state index in [1.165, 1.54) is 4.57 Å². The molecule has 1 atom stereocenters. The summed E-state index contributed by atoms with van der Waals surface area (Å²) in [5, 5.41) is 8.66. The van der Waals surface area contributed by atoms with Gasteiger partial charge in [0.15, 0.2) is 0 Å². The van der Waals surface area contributed by atoms with Gasteiger partial charge in [-0.15, -0.1) is 0 Å². The molecule has 174 valence electrons. The molecule has 0 bridgehead atoms. The lowest BCUT2D eigenvalue weighted by Gasteiger charge is -2.17. The molecule has 0 aliphatic carbocycles. The summed E-state index contributed by atoms with van der Waals surface area (Å²) < 4.78 is 3.27. The van der Waals surface area contributed by atoms with Crippen LogP contribution >= 0.6 is 0 Å². The number of aryl methyl sites for hydroxylation is 1. The number of nitrogens with one attached hydrogen (secondary N) is 1. The molecule has 3 aromatic carbocycles. The van der Waals surface area contributed by atoms with E-state index in [1.807, 2.05) is 105 Å². The second-order valence-corrected chi connectivity index (χ2v) is 8.58. The van der Waals surface area contributed by atoms with Crippen molar-refractivity contribution in [3.8, 4) is 16.8 Å². The summed E-state index contributed by atoms with van der Waals surface area (Å²) >= 11 is 0. The molecule has 0 radical (unpaired) electrons. The smallest absolute Gasteiger partial charge is 0.253 e. The average Bonchev–Trinajstić information content (AvgIpc) is 3.24. The SMILES string of the molecule is Cc1nn(-c2ccccc2)c2c1c(-c1ccccc1)cc(=O)n2CC(=O)NC(C)c1ccccc1. The minimum atomic E-state index is -0.254. The fraction of sp³-hybridized carbons (Fsp3) is 0.138. The quantitative estimate of drug-likeness (QED) is 0.384. The largest absolute Gasteiger partial charge is 0.348 e. The van der Waals surface area contributed by atoms with Gasteiger partial charge >= 0.3 is 0 Å². The van der Waals surface area contributed by atoms with Gasteiger partial charge in [0.2, 0.25) is 5.91 Å². The maximum Gasteiger partial charge on any atom is 0.253 e. The van der Waals surface area contributed by atoms with Gasteiger partial charge in [-0.3, -0.25) is 14.2 Å². The highest BCUT2D eigenvalue weighted by Crippen LogP contribution is 2.31. The third-order valence-corrected chi connectivity index (χ3v) is 6.16. The molecule has 1 N–H and O–H groups in total. The van der Waals surface area contributed by atoms with Crippen molar-refractivity contribution < 1.29 is 4.79 Å². The number of hydrogen-bond acceptors (Lipinski definition) is 3. The van der Waals surface area contributed by atoms with Gasteiger partial charge in [0.1, 0.15) is 12.2 Å². The predicted molar refractivity (Wildman–Crippen MR) is 139 cm³/mol. The zero-order valence-electron chi connectivity index (χ0n) is 19.7. The molecular weight excluding hydrogens is 436 g/mol. The number of benzene rings is 3. The fourth-order valence-electron chi connectivity index (χ4n) is 4.46. The van der Waals surface area contributed by atoms with Crippen LogP contribution in [0.5, 0.6) is 0 Å². The van der Waals surface area contributed by atoms with Crippen LogP contribution in [0, 0.1) is 6.92 Å². The molecule has 0 aliphatic rings. The normalized spacial score (nSPS) is 11.9. The Labute approximate surface area is 203 Å². The summed E-state index contributed by atoms with van der Waals surface area (Å²) in [5.41, 5.74) is 4.69. The Morgan fingerprint density at radius 3 is 2.17 bits per heavy atom. The van der Waals surface area contributed by atoms with Gasteiger partial charge in [-0.1, -0.05) is 78.9 Å². The Hall–Kier alpha value is -4.45. The van der Waals surface area contributed by atoms with Crippen molar-refractivity contribution in [2.45, 2.75) is 26.4 Å². The highest BCUT2D eigenvalue weighted by molar-refractivity contribution is 5.96. The molecule has 2 aromatic heterocycles. The Morgan fingerprint density at radius 1 is 0.914 bits per heavy atom. The predicted octanol–water partition coefficient (Wildman–Crippen LogP) is 5.04. The number of amides is 1. The third kappa shape index (κ3) is 4.38. The van der Waals surface area contributed by atoms with E-state index < -0.39 is 0 Å². The van der Waals surface area contributed by atoms with Gasteiger partial charge < -0.3 is 5.32 Å². The molecule has 35 heavy (non-hydrogen) atoms. The van der Waals surface area contributed by atoms with Crippen molar-refractivity contribution in [3.63, 3.8) is 0 Å². The van der Waals surface area contributed by atoms with Crippen molar-refractivity contribution in [2.24, 2.45) is 0 Å². The standard InChI is InChI=1S/C29H26N4O2/c1-20(22-12-6-3-7-13-22)30-26(34)19-32-27(35)18-25(23-14-8-4-9-15-23)28-21(2)31-33(29(28)32)24-16-10-5-11-17-24/h3-18,20H,19H2,1-2H3,(H,30,34). The molecule has 0 saturated heterocycles. The highest BCUT2D eigenvalue weighted by atomic mass is 16.2. The van der Waals surface area contributed by atoms with Crippen molar-refractivity contribution in [2.75, 3.05) is 0 Å². The molecule has 1 amide bonds. The number of fused-ring (bicyclic) bond motifs is 1. The van der Waals surface area contributed by atoms with E-state index in [4.69, 9.17) is 5.10 Å². The number of carbonyl (C=O) groups excluding carboxylic acids is 1. The molecule has 6 nitrogen and oxygen atoms in total. The minimum absolute atomic E-state index is 0.112. The molecular formula is C29H26N4O2. The van der Waals surface area contributed by atoms with Crippen molar-refractivity contribution >= 4 is 16.9 Å². The maximum atomic E-state index is 13.5. The maximum absolute atomic E-state index is 13.5. The van der Waals surface area contributed by atoms with Gasteiger partial charge in [0, 0.05) is 11.5 Å². The Bertz CT molecular complexity index is 1540. The van der Waals surface area contributed by atoms with Gasteiger partial charge in [0.05, 0.1) is 17.4 Å². The molecule has 5 rings (SSSR count). The van der Waals surface area contributed by atoms with Crippen LogP contribution in [0.15, 0.2) is 102 Å². The van der Waals surface area contributed by atoms with Crippen LogP contribution in [0.2, 0.25) is 0 Å². The first-order chi connectivity index (χ1) is 17.0. The number of hydrogen-bond donors (Lipinski definition) is 1. The summed E-state index contributed by atoms with van der Waals surface area (Å²) in [6, 6.07) is 30.6. The summed E-state index contributed by atoms with van der Waals surface area (Å²) in [6.45, 7) is 3.75. The number of carbonyl (C=O) groups is 1. The first kappa shape index (κ1) is 22.3. The summed E-state index contributed by atoms with van der Waals surface area (Å²) in [7, 11) is 0. The molecule has 5 aromatic rings. The summed E-state index contributed by atoms with van der Waals surface area (Å²) in [6.07, 6.45) is 0. The average molecular weight is 463 g/mol. The topological polar surface area (TPSA) is 68.9 Å². The Balaban J connectivity index is 1.64. The fourth-order valence-corrected chi connectivity index (χ4v) is 4.46.